The second-order valence-corrected chi connectivity index (χ2v) is 16.8. The van der Waals surface area contributed by atoms with Crippen LogP contribution in [0.3, 0.4) is 0 Å². The summed E-state index contributed by atoms with van der Waals surface area (Å²) in [4.78, 5) is 13.1. The largest absolute Gasteiger partial charge is 0.394 e. The van der Waals surface area contributed by atoms with E-state index >= 15 is 0 Å². The van der Waals surface area contributed by atoms with Gasteiger partial charge in [0.2, 0.25) is 5.91 Å². The maximum atomic E-state index is 13.1. The topological polar surface area (TPSA) is 307 Å². The van der Waals surface area contributed by atoms with Gasteiger partial charge >= 0.3 is 0 Å². The van der Waals surface area contributed by atoms with Crippen LogP contribution in [-0.4, -0.2) is 193 Å². The maximum Gasteiger partial charge on any atom is 0.220 e. The third kappa shape index (κ3) is 17.9. The number of hydrogen-bond acceptors (Lipinski definition) is 18. The van der Waals surface area contributed by atoms with E-state index in [1.54, 1.807) is 12.2 Å². The van der Waals surface area contributed by atoms with Crippen molar-refractivity contribution in [2.45, 2.75) is 214 Å². The van der Waals surface area contributed by atoms with Crippen LogP contribution in [0.1, 0.15) is 110 Å². The number of nitrogens with one attached hydrogen (secondary N) is 1. The number of ether oxygens (including phenoxy) is 6. The van der Waals surface area contributed by atoms with Gasteiger partial charge in [-0.05, 0) is 38.5 Å². The first-order chi connectivity index (χ1) is 30.8. The van der Waals surface area contributed by atoms with Crippen molar-refractivity contribution in [2.24, 2.45) is 0 Å². The van der Waals surface area contributed by atoms with Gasteiger partial charge in [0.05, 0.1) is 38.6 Å². The summed E-state index contributed by atoms with van der Waals surface area (Å²) in [5, 5.41) is 119. The standard InChI is InChI=1S/C45H79NO18/c1-3-5-7-9-11-13-15-16-18-20-22-29(50)28(46-33(51)23-21-19-17-14-12-10-8-6-4-2)27-59-43-39(57)36(54)41(31(25-48)61-43)64-45-40(58)37(55)42(32(26-49)62-45)63-44-38(56)35(53)34(52)30(24-47)60-44/h5,7,13,15,20,22,28-32,34-45,47-50,52-58H,3-4,6,8-12,14,16-19,21,23-27H2,1-2H3,(H,46,51)/b7-5+,15-13+,22-20+. The number of carbonyl (C=O) groups is 1. The van der Waals surface area contributed by atoms with E-state index in [2.05, 4.69) is 43.5 Å². The Kier molecular flexibility index (Phi) is 27.4. The van der Waals surface area contributed by atoms with Crippen LogP contribution in [0.2, 0.25) is 0 Å². The molecule has 0 radical (unpaired) electrons. The fourth-order valence-electron chi connectivity index (χ4n) is 7.76. The van der Waals surface area contributed by atoms with Gasteiger partial charge in [-0.1, -0.05) is 102 Å². The first-order valence-corrected chi connectivity index (χ1v) is 23.2. The minimum absolute atomic E-state index is 0.232. The third-order valence-corrected chi connectivity index (χ3v) is 11.7. The molecule has 0 aliphatic carbocycles. The molecule has 3 rings (SSSR count). The van der Waals surface area contributed by atoms with Crippen LogP contribution in [0.15, 0.2) is 36.5 Å². The summed E-state index contributed by atoms with van der Waals surface area (Å²) in [6, 6.07) is -0.987. The van der Waals surface area contributed by atoms with Gasteiger partial charge in [0, 0.05) is 6.42 Å². The number of aliphatic hydroxyl groups excluding tert-OH is 11. The van der Waals surface area contributed by atoms with Gasteiger partial charge in [-0.2, -0.15) is 0 Å². The lowest BCUT2D eigenvalue weighted by molar-refractivity contribution is -0.379. The van der Waals surface area contributed by atoms with Crippen molar-refractivity contribution >= 4 is 5.91 Å². The fraction of sp³-hybridized carbons (Fsp3) is 0.844. The van der Waals surface area contributed by atoms with Gasteiger partial charge < -0.3 is 89.9 Å². The molecule has 3 fully saturated rings. The predicted octanol–water partition coefficient (Wildman–Crippen LogP) is -0.143. The molecule has 0 saturated carbocycles. The van der Waals surface area contributed by atoms with Gasteiger partial charge in [0.25, 0.3) is 0 Å². The first kappa shape index (κ1) is 56.3. The molecule has 3 aliphatic heterocycles. The number of allylic oxidation sites excluding steroid dienone is 5. The molecular weight excluding hydrogens is 842 g/mol. The number of aliphatic hydroxyl groups is 11. The number of amides is 1. The average Bonchev–Trinajstić information content (AvgIpc) is 3.29. The smallest absolute Gasteiger partial charge is 0.220 e. The lowest BCUT2D eigenvalue weighted by atomic mass is 9.96. The van der Waals surface area contributed by atoms with E-state index in [0.29, 0.717) is 12.8 Å². The zero-order chi connectivity index (χ0) is 47.0. The van der Waals surface area contributed by atoms with E-state index in [1.807, 2.05) is 0 Å². The molecule has 19 nitrogen and oxygen atoms in total. The fourth-order valence-corrected chi connectivity index (χ4v) is 7.76. The van der Waals surface area contributed by atoms with Crippen LogP contribution in [0.5, 0.6) is 0 Å². The molecule has 1 amide bonds. The molecule has 0 bridgehead atoms. The molecule has 3 heterocycles. The van der Waals surface area contributed by atoms with Crippen LogP contribution in [0.25, 0.3) is 0 Å². The highest BCUT2D eigenvalue weighted by atomic mass is 16.8. The summed E-state index contributed by atoms with van der Waals surface area (Å²) in [7, 11) is 0. The maximum absolute atomic E-state index is 13.1. The summed E-state index contributed by atoms with van der Waals surface area (Å²) in [5.41, 5.74) is 0. The Hall–Kier alpha value is -1.99. The van der Waals surface area contributed by atoms with Crippen molar-refractivity contribution in [1.82, 2.24) is 5.32 Å². The summed E-state index contributed by atoms with van der Waals surface area (Å²) in [6.07, 6.45) is -0.859. The van der Waals surface area contributed by atoms with Crippen LogP contribution in [0.4, 0.5) is 0 Å². The van der Waals surface area contributed by atoms with Gasteiger partial charge in [-0.15, -0.1) is 0 Å². The van der Waals surface area contributed by atoms with Crippen LogP contribution in [0, 0.1) is 0 Å². The highest BCUT2D eigenvalue weighted by molar-refractivity contribution is 5.76. The van der Waals surface area contributed by atoms with Gasteiger partial charge in [-0.3, -0.25) is 4.79 Å². The Morgan fingerprint density at radius 2 is 1.02 bits per heavy atom. The molecule has 19 heteroatoms. The lowest BCUT2D eigenvalue weighted by Crippen LogP contribution is -2.66. The van der Waals surface area contributed by atoms with Crippen LogP contribution in [-0.2, 0) is 33.2 Å². The van der Waals surface area contributed by atoms with E-state index in [9.17, 15) is 61.0 Å². The van der Waals surface area contributed by atoms with Crippen molar-refractivity contribution in [3.8, 4) is 0 Å². The van der Waals surface area contributed by atoms with E-state index in [4.69, 9.17) is 28.4 Å². The minimum atomic E-state index is -1.98. The van der Waals surface area contributed by atoms with Crippen molar-refractivity contribution in [3.05, 3.63) is 36.5 Å². The zero-order valence-electron chi connectivity index (χ0n) is 37.5. The summed E-state index contributed by atoms with van der Waals surface area (Å²) < 4.78 is 33.9. The molecular formula is C45H79NO18. The average molecular weight is 922 g/mol. The number of carbonyl (C=O) groups excluding carboxylic acids is 1. The molecule has 64 heavy (non-hydrogen) atoms. The molecule has 0 spiro atoms. The molecule has 17 atom stereocenters. The first-order valence-electron chi connectivity index (χ1n) is 23.2. The number of rotatable bonds is 30. The Labute approximate surface area is 377 Å². The Morgan fingerprint density at radius 1 is 0.562 bits per heavy atom. The zero-order valence-corrected chi connectivity index (χ0v) is 37.5. The minimum Gasteiger partial charge on any atom is -0.394 e. The molecule has 3 aliphatic rings. The molecule has 0 aromatic heterocycles. The highest BCUT2D eigenvalue weighted by Gasteiger charge is 2.53. The van der Waals surface area contributed by atoms with Crippen molar-refractivity contribution in [3.63, 3.8) is 0 Å². The summed E-state index contributed by atoms with van der Waals surface area (Å²) >= 11 is 0. The van der Waals surface area contributed by atoms with Crippen LogP contribution >= 0.6 is 0 Å². The number of hydrogen-bond donors (Lipinski definition) is 12. The molecule has 372 valence electrons. The lowest BCUT2D eigenvalue weighted by Gasteiger charge is -2.48. The Bertz CT molecular complexity index is 1340. The second-order valence-electron chi connectivity index (χ2n) is 16.8. The molecule has 0 aromatic rings. The monoisotopic (exact) mass is 922 g/mol. The van der Waals surface area contributed by atoms with Gasteiger partial charge in [0.15, 0.2) is 18.9 Å². The Morgan fingerprint density at radius 3 is 1.55 bits per heavy atom. The molecule has 3 saturated heterocycles. The van der Waals surface area contributed by atoms with Gasteiger partial charge in [-0.25, -0.2) is 0 Å². The second kappa shape index (κ2) is 31.1. The van der Waals surface area contributed by atoms with E-state index < -0.39 is 124 Å². The highest BCUT2D eigenvalue weighted by Crippen LogP contribution is 2.33. The van der Waals surface area contributed by atoms with Gasteiger partial charge in [0.1, 0.15) is 73.2 Å². The van der Waals surface area contributed by atoms with E-state index in [-0.39, 0.29) is 18.9 Å². The normalized spacial score (nSPS) is 34.8. The summed E-state index contributed by atoms with van der Waals surface area (Å²) in [5.74, 6) is -0.300. The molecule has 17 unspecified atom stereocenters. The van der Waals surface area contributed by atoms with Crippen molar-refractivity contribution < 1.29 is 89.4 Å². The van der Waals surface area contributed by atoms with Crippen molar-refractivity contribution in [1.29, 1.82) is 0 Å². The third-order valence-electron chi connectivity index (χ3n) is 11.7. The molecule has 0 aromatic carbocycles. The summed E-state index contributed by atoms with van der Waals surface area (Å²) in [6.45, 7) is 1.47. The van der Waals surface area contributed by atoms with E-state index in [0.717, 1.165) is 44.9 Å². The van der Waals surface area contributed by atoms with E-state index in [1.165, 1.54) is 32.1 Å². The predicted molar refractivity (Wildman–Crippen MR) is 231 cm³/mol. The van der Waals surface area contributed by atoms with Crippen molar-refractivity contribution in [2.75, 3.05) is 26.4 Å². The Balaban J connectivity index is 1.62. The molecule has 12 N–H and O–H groups in total. The number of unbranched alkanes of at least 4 members (excludes halogenated alkanes) is 10. The quantitative estimate of drug-likeness (QED) is 0.0330. The SMILES string of the molecule is CC/C=C/CC/C=C/CC/C=C/C(O)C(COC1OC(CO)C(OC2OC(CO)C(OC3OC(CO)C(O)C(O)C3O)C(O)C2O)C(O)C1O)NC(=O)CCCCCCCCCCC. The van der Waals surface area contributed by atoms with Crippen LogP contribution < -0.4 is 5.32 Å².